The van der Waals surface area contributed by atoms with Crippen molar-refractivity contribution in [2.24, 2.45) is 0 Å². The Labute approximate surface area is 103 Å². The van der Waals surface area contributed by atoms with Crippen molar-refractivity contribution in [3.63, 3.8) is 0 Å². The molecule has 0 saturated heterocycles. The summed E-state index contributed by atoms with van der Waals surface area (Å²) in [6.45, 7) is 1.14. The van der Waals surface area contributed by atoms with Crippen molar-refractivity contribution in [1.29, 1.82) is 0 Å². The number of benzene rings is 1. The summed E-state index contributed by atoms with van der Waals surface area (Å²) in [5.41, 5.74) is 2.97. The molecule has 0 aliphatic heterocycles. The van der Waals surface area contributed by atoms with Crippen molar-refractivity contribution in [2.45, 2.75) is 44.1 Å². The Hall–Kier alpha value is -1.02. The van der Waals surface area contributed by atoms with Gasteiger partial charge in [-0.25, -0.2) is 0 Å². The summed E-state index contributed by atoms with van der Waals surface area (Å²) >= 11 is 0. The molecule has 1 aromatic rings. The van der Waals surface area contributed by atoms with E-state index in [1.807, 2.05) is 0 Å². The number of fused-ring (bicyclic) bond motifs is 1. The second-order valence-electron chi connectivity index (χ2n) is 5.30. The lowest BCUT2D eigenvalue weighted by Gasteiger charge is -2.27. The molecular formula is C15H21NO. The molecule has 3 rings (SSSR count). The number of hydrogen-bond acceptors (Lipinski definition) is 2. The molecule has 0 aromatic heterocycles. The van der Waals surface area contributed by atoms with Gasteiger partial charge in [-0.3, -0.25) is 0 Å². The second kappa shape index (κ2) is 4.69. The molecule has 0 unspecified atom stereocenters. The highest BCUT2D eigenvalue weighted by atomic mass is 16.5. The number of nitrogens with one attached hydrogen (secondary N) is 1. The van der Waals surface area contributed by atoms with Crippen molar-refractivity contribution in [1.82, 2.24) is 5.32 Å². The Balaban J connectivity index is 1.79. The van der Waals surface area contributed by atoms with Crippen LogP contribution in [0.5, 0.6) is 5.75 Å². The summed E-state index contributed by atoms with van der Waals surface area (Å²) in [4.78, 5) is 0. The Morgan fingerprint density at radius 2 is 2.18 bits per heavy atom. The molecule has 0 spiro atoms. The highest BCUT2D eigenvalue weighted by Crippen LogP contribution is 2.36. The van der Waals surface area contributed by atoms with Gasteiger partial charge in [-0.05, 0) is 55.2 Å². The van der Waals surface area contributed by atoms with Crippen LogP contribution in [0.1, 0.15) is 42.7 Å². The lowest BCUT2D eigenvalue weighted by molar-refractivity contribution is 0.401. The van der Waals surface area contributed by atoms with Crippen molar-refractivity contribution < 1.29 is 4.74 Å². The van der Waals surface area contributed by atoms with Gasteiger partial charge in [0.05, 0.1) is 7.11 Å². The predicted octanol–water partition coefficient (Wildman–Crippen LogP) is 2.87. The molecule has 2 nitrogen and oxygen atoms in total. The molecule has 2 aliphatic carbocycles. The van der Waals surface area contributed by atoms with E-state index in [1.165, 1.54) is 43.2 Å². The van der Waals surface area contributed by atoms with Gasteiger partial charge in [-0.15, -0.1) is 0 Å². The van der Waals surface area contributed by atoms with Crippen molar-refractivity contribution in [3.8, 4) is 5.75 Å². The average Bonchev–Trinajstić information content (AvgIpc) is 3.19. The molecule has 2 aliphatic rings. The van der Waals surface area contributed by atoms with Gasteiger partial charge in [-0.2, -0.15) is 0 Å². The summed E-state index contributed by atoms with van der Waals surface area (Å²) in [5.74, 6) is 1.77. The third-order valence-electron chi connectivity index (χ3n) is 4.04. The Bertz CT molecular complexity index is 398. The van der Waals surface area contributed by atoms with Crippen LogP contribution in [0.3, 0.4) is 0 Å². The zero-order chi connectivity index (χ0) is 11.7. The summed E-state index contributed by atoms with van der Waals surface area (Å²) in [6.07, 6.45) is 6.54. The maximum atomic E-state index is 5.48. The van der Waals surface area contributed by atoms with E-state index in [4.69, 9.17) is 4.74 Å². The summed E-state index contributed by atoms with van der Waals surface area (Å²) < 4.78 is 5.48. The molecule has 0 heterocycles. The van der Waals surface area contributed by atoms with Gasteiger partial charge in [0, 0.05) is 12.6 Å². The monoisotopic (exact) mass is 231 g/mol. The second-order valence-corrected chi connectivity index (χ2v) is 5.30. The van der Waals surface area contributed by atoms with Gasteiger partial charge in [0.15, 0.2) is 0 Å². The van der Waals surface area contributed by atoms with Crippen LogP contribution in [0.15, 0.2) is 18.2 Å². The van der Waals surface area contributed by atoms with Gasteiger partial charge in [-0.1, -0.05) is 12.1 Å². The molecule has 17 heavy (non-hydrogen) atoms. The van der Waals surface area contributed by atoms with E-state index >= 15 is 0 Å². The topological polar surface area (TPSA) is 21.3 Å². The van der Waals surface area contributed by atoms with Gasteiger partial charge < -0.3 is 10.1 Å². The molecule has 0 bridgehead atoms. The van der Waals surface area contributed by atoms with Gasteiger partial charge >= 0.3 is 0 Å². The summed E-state index contributed by atoms with van der Waals surface area (Å²) in [6, 6.07) is 7.32. The standard InChI is InChI=1S/C15H21NO/c1-17-15-7-3-5-13-11(4-2-6-14(13)15)10-16-12-8-9-12/h3,5,7,11-12,16H,2,4,6,8-10H2,1H3/t11-/m0/s1. The Kier molecular flexibility index (Phi) is 3.06. The number of hydrogen-bond donors (Lipinski definition) is 1. The number of methoxy groups -OCH3 is 1. The fourth-order valence-corrected chi connectivity index (χ4v) is 2.91. The molecular weight excluding hydrogens is 210 g/mol. The molecule has 1 aromatic carbocycles. The van der Waals surface area contributed by atoms with Crippen LogP contribution in [0.25, 0.3) is 0 Å². The normalized spacial score (nSPS) is 23.2. The lowest BCUT2D eigenvalue weighted by atomic mass is 9.82. The van der Waals surface area contributed by atoms with Gasteiger partial charge in [0.2, 0.25) is 0 Å². The lowest BCUT2D eigenvalue weighted by Crippen LogP contribution is -2.26. The molecule has 1 saturated carbocycles. The van der Waals surface area contributed by atoms with E-state index in [2.05, 4.69) is 23.5 Å². The van der Waals surface area contributed by atoms with E-state index in [0.29, 0.717) is 5.92 Å². The fraction of sp³-hybridized carbons (Fsp3) is 0.600. The third-order valence-corrected chi connectivity index (χ3v) is 4.04. The van der Waals surface area contributed by atoms with Crippen LogP contribution in [0.4, 0.5) is 0 Å². The van der Waals surface area contributed by atoms with E-state index in [0.717, 1.165) is 18.3 Å². The molecule has 2 heteroatoms. The summed E-state index contributed by atoms with van der Waals surface area (Å²) in [7, 11) is 1.78. The predicted molar refractivity (Wildman–Crippen MR) is 69.7 cm³/mol. The molecule has 1 fully saturated rings. The average molecular weight is 231 g/mol. The van der Waals surface area contributed by atoms with Crippen LogP contribution >= 0.6 is 0 Å². The molecule has 0 radical (unpaired) electrons. The van der Waals surface area contributed by atoms with Gasteiger partial charge in [0.1, 0.15) is 5.75 Å². The quantitative estimate of drug-likeness (QED) is 0.860. The third kappa shape index (κ3) is 2.32. The van der Waals surface area contributed by atoms with E-state index in [1.54, 1.807) is 7.11 Å². The highest BCUT2D eigenvalue weighted by Gasteiger charge is 2.26. The Morgan fingerprint density at radius 3 is 2.94 bits per heavy atom. The zero-order valence-electron chi connectivity index (χ0n) is 10.5. The van der Waals surface area contributed by atoms with Crippen molar-refractivity contribution >= 4 is 0 Å². The first kappa shape index (κ1) is 11.1. The molecule has 1 atom stereocenters. The summed E-state index contributed by atoms with van der Waals surface area (Å²) in [5, 5.41) is 3.66. The fourth-order valence-electron chi connectivity index (χ4n) is 2.91. The SMILES string of the molecule is COc1cccc2c1CCC[C@H]2CNC1CC1. The van der Waals surface area contributed by atoms with Crippen molar-refractivity contribution in [2.75, 3.05) is 13.7 Å². The number of rotatable bonds is 4. The van der Waals surface area contributed by atoms with Crippen molar-refractivity contribution in [3.05, 3.63) is 29.3 Å². The van der Waals surface area contributed by atoms with E-state index in [-0.39, 0.29) is 0 Å². The molecule has 92 valence electrons. The largest absolute Gasteiger partial charge is 0.496 e. The highest BCUT2D eigenvalue weighted by molar-refractivity contribution is 5.43. The minimum atomic E-state index is 0.689. The zero-order valence-corrected chi connectivity index (χ0v) is 10.5. The minimum absolute atomic E-state index is 0.689. The minimum Gasteiger partial charge on any atom is -0.496 e. The maximum absolute atomic E-state index is 5.48. The first-order valence-corrected chi connectivity index (χ1v) is 6.77. The van der Waals surface area contributed by atoms with E-state index < -0.39 is 0 Å². The number of ether oxygens (including phenoxy) is 1. The maximum Gasteiger partial charge on any atom is 0.122 e. The molecule has 1 N–H and O–H groups in total. The van der Waals surface area contributed by atoms with Crippen LogP contribution in [-0.4, -0.2) is 19.7 Å². The first-order valence-electron chi connectivity index (χ1n) is 6.77. The van der Waals surface area contributed by atoms with Crippen LogP contribution in [0.2, 0.25) is 0 Å². The Morgan fingerprint density at radius 1 is 1.29 bits per heavy atom. The smallest absolute Gasteiger partial charge is 0.122 e. The van der Waals surface area contributed by atoms with Crippen LogP contribution in [-0.2, 0) is 6.42 Å². The first-order chi connectivity index (χ1) is 8.38. The van der Waals surface area contributed by atoms with E-state index in [9.17, 15) is 0 Å². The van der Waals surface area contributed by atoms with Gasteiger partial charge in [0.25, 0.3) is 0 Å². The molecule has 0 amide bonds. The van der Waals surface area contributed by atoms with Crippen LogP contribution in [0, 0.1) is 0 Å². The van der Waals surface area contributed by atoms with Crippen LogP contribution < -0.4 is 10.1 Å².